The maximum atomic E-state index is 12.3. The smallest absolute Gasteiger partial charge is 0.251 e. The van der Waals surface area contributed by atoms with E-state index in [4.69, 9.17) is 4.74 Å². The summed E-state index contributed by atoms with van der Waals surface area (Å²) in [6.45, 7) is 6.01. The highest BCUT2D eigenvalue weighted by Gasteiger charge is 2.48. The number of hydrogen-bond donors (Lipinski definition) is 0. The molecular formula is C20H28N2O2. The van der Waals surface area contributed by atoms with Crippen LogP contribution in [0.5, 0.6) is 0 Å². The van der Waals surface area contributed by atoms with E-state index in [1.807, 2.05) is 6.92 Å². The minimum Gasteiger partial charge on any atom is -0.360 e. The minimum atomic E-state index is -0.268. The summed E-state index contributed by atoms with van der Waals surface area (Å²) in [5.74, 6) is 0.203. The van der Waals surface area contributed by atoms with Crippen LogP contribution in [0.2, 0.25) is 0 Å². The topological polar surface area (TPSA) is 32.8 Å². The van der Waals surface area contributed by atoms with E-state index in [0.29, 0.717) is 6.04 Å². The Bertz CT molecular complexity index is 577. The first kappa shape index (κ1) is 16.1. The first-order chi connectivity index (χ1) is 11.7. The average molecular weight is 328 g/mol. The molecule has 1 atom stereocenters. The molecule has 4 nitrogen and oxygen atoms in total. The third-order valence-electron chi connectivity index (χ3n) is 5.83. The molecule has 1 aromatic rings. The highest BCUT2D eigenvalue weighted by atomic mass is 16.5. The molecule has 0 unspecified atom stereocenters. The number of ether oxygens (including phenoxy) is 1. The van der Waals surface area contributed by atoms with E-state index in [-0.39, 0.29) is 17.6 Å². The van der Waals surface area contributed by atoms with Crippen molar-refractivity contribution in [3.63, 3.8) is 0 Å². The van der Waals surface area contributed by atoms with Gasteiger partial charge in [0.1, 0.15) is 6.10 Å². The number of nitrogens with zero attached hydrogens (tertiary/aromatic N) is 2. The molecule has 2 aliphatic heterocycles. The molecule has 1 aromatic carbocycles. The fraction of sp³-hybridized carbons (Fsp3) is 0.650. The van der Waals surface area contributed by atoms with E-state index >= 15 is 0 Å². The fourth-order valence-electron chi connectivity index (χ4n) is 4.17. The van der Waals surface area contributed by atoms with Gasteiger partial charge >= 0.3 is 0 Å². The van der Waals surface area contributed by atoms with Gasteiger partial charge in [0.25, 0.3) is 5.91 Å². The summed E-state index contributed by atoms with van der Waals surface area (Å²) in [7, 11) is 0. The van der Waals surface area contributed by atoms with Crippen LogP contribution in [-0.4, -0.2) is 59.6 Å². The van der Waals surface area contributed by atoms with E-state index in [1.54, 1.807) is 0 Å². The molecule has 24 heavy (non-hydrogen) atoms. The van der Waals surface area contributed by atoms with Crippen LogP contribution >= 0.6 is 0 Å². The Balaban J connectivity index is 1.32. The summed E-state index contributed by atoms with van der Waals surface area (Å²) in [6, 6.07) is 11.2. The van der Waals surface area contributed by atoms with Crippen molar-refractivity contribution in [3.8, 4) is 0 Å². The van der Waals surface area contributed by atoms with Crippen LogP contribution in [0, 0.1) is 0 Å². The quantitative estimate of drug-likeness (QED) is 0.851. The molecule has 2 saturated heterocycles. The number of benzene rings is 1. The van der Waals surface area contributed by atoms with Crippen LogP contribution in [0.4, 0.5) is 0 Å². The van der Waals surface area contributed by atoms with Gasteiger partial charge < -0.3 is 14.5 Å². The molecule has 0 aromatic heterocycles. The van der Waals surface area contributed by atoms with Crippen molar-refractivity contribution < 1.29 is 9.53 Å². The normalized spacial score (nSPS) is 27.6. The Hall–Kier alpha value is -1.39. The number of hydrogen-bond acceptors (Lipinski definition) is 3. The van der Waals surface area contributed by atoms with Crippen LogP contribution in [0.1, 0.15) is 38.2 Å². The van der Waals surface area contributed by atoms with Gasteiger partial charge in [-0.2, -0.15) is 0 Å². The fourth-order valence-corrected chi connectivity index (χ4v) is 4.17. The van der Waals surface area contributed by atoms with Gasteiger partial charge in [-0.25, -0.2) is 0 Å². The lowest BCUT2D eigenvalue weighted by atomic mass is 9.88. The second kappa shape index (κ2) is 6.49. The van der Waals surface area contributed by atoms with Crippen molar-refractivity contribution in [2.75, 3.05) is 26.2 Å². The van der Waals surface area contributed by atoms with Gasteiger partial charge in [-0.05, 0) is 44.6 Å². The zero-order chi connectivity index (χ0) is 16.6. The van der Waals surface area contributed by atoms with E-state index < -0.39 is 0 Å². The zero-order valence-corrected chi connectivity index (χ0v) is 14.6. The summed E-state index contributed by atoms with van der Waals surface area (Å²) in [6.07, 6.45) is 5.29. The van der Waals surface area contributed by atoms with Gasteiger partial charge in [0, 0.05) is 25.7 Å². The van der Waals surface area contributed by atoms with E-state index in [9.17, 15) is 4.79 Å². The average Bonchev–Trinajstić information content (AvgIpc) is 3.44. The molecule has 4 rings (SSSR count). The predicted octanol–water partition coefficient (Wildman–Crippen LogP) is 2.47. The maximum Gasteiger partial charge on any atom is 0.251 e. The molecule has 0 bridgehead atoms. The van der Waals surface area contributed by atoms with Crippen LogP contribution in [0.15, 0.2) is 30.3 Å². The summed E-state index contributed by atoms with van der Waals surface area (Å²) in [4.78, 5) is 17.0. The zero-order valence-electron chi connectivity index (χ0n) is 14.6. The van der Waals surface area contributed by atoms with Crippen LogP contribution in [0.3, 0.4) is 0 Å². The van der Waals surface area contributed by atoms with Crippen LogP contribution < -0.4 is 0 Å². The largest absolute Gasteiger partial charge is 0.360 e. The number of morpholine rings is 1. The molecule has 3 fully saturated rings. The molecule has 1 saturated carbocycles. The summed E-state index contributed by atoms with van der Waals surface area (Å²) in [5, 5.41) is 0. The number of likely N-dealkylation sites (tertiary alicyclic amines) is 1. The Labute approximate surface area is 144 Å². The second-order valence-electron chi connectivity index (χ2n) is 7.72. The monoisotopic (exact) mass is 328 g/mol. The predicted molar refractivity (Wildman–Crippen MR) is 93.8 cm³/mol. The molecule has 4 heteroatoms. The van der Waals surface area contributed by atoms with Gasteiger partial charge in [0.15, 0.2) is 0 Å². The first-order valence-corrected chi connectivity index (χ1v) is 9.40. The van der Waals surface area contributed by atoms with Crippen molar-refractivity contribution in [1.82, 2.24) is 9.80 Å². The number of carbonyl (C=O) groups is 1. The van der Waals surface area contributed by atoms with Crippen molar-refractivity contribution in [2.45, 2.75) is 56.8 Å². The second-order valence-corrected chi connectivity index (χ2v) is 7.72. The van der Waals surface area contributed by atoms with Crippen molar-refractivity contribution in [2.24, 2.45) is 0 Å². The SMILES string of the molecule is C[C@H]1OC2(CCN(CCc3ccccc3)CC2)CN(C2CC2)C1=O. The van der Waals surface area contributed by atoms with Gasteiger partial charge in [-0.1, -0.05) is 30.3 Å². The van der Waals surface area contributed by atoms with Gasteiger partial charge in [-0.15, -0.1) is 0 Å². The molecule has 1 spiro atoms. The molecule has 0 N–H and O–H groups in total. The Morgan fingerprint density at radius 1 is 1.17 bits per heavy atom. The maximum absolute atomic E-state index is 12.3. The highest BCUT2D eigenvalue weighted by molar-refractivity contribution is 5.82. The Kier molecular flexibility index (Phi) is 4.35. The molecule has 130 valence electrons. The Morgan fingerprint density at radius 2 is 1.88 bits per heavy atom. The minimum absolute atomic E-state index is 0.0981. The lowest BCUT2D eigenvalue weighted by molar-refractivity contribution is -0.190. The molecule has 1 aliphatic carbocycles. The van der Waals surface area contributed by atoms with Crippen LogP contribution in [0.25, 0.3) is 0 Å². The lowest BCUT2D eigenvalue weighted by Gasteiger charge is -2.49. The number of piperidine rings is 1. The van der Waals surface area contributed by atoms with E-state index in [0.717, 1.165) is 45.4 Å². The molecule has 1 amide bonds. The summed E-state index contributed by atoms with van der Waals surface area (Å²) < 4.78 is 6.23. The number of carbonyl (C=O) groups excluding carboxylic acids is 1. The summed E-state index contributed by atoms with van der Waals surface area (Å²) in [5.41, 5.74) is 1.31. The number of rotatable bonds is 4. The van der Waals surface area contributed by atoms with E-state index in [2.05, 4.69) is 40.1 Å². The Morgan fingerprint density at radius 3 is 2.54 bits per heavy atom. The van der Waals surface area contributed by atoms with Gasteiger partial charge in [-0.3, -0.25) is 4.79 Å². The molecule has 0 radical (unpaired) electrons. The van der Waals surface area contributed by atoms with Crippen molar-refractivity contribution in [1.29, 1.82) is 0 Å². The van der Waals surface area contributed by atoms with Crippen molar-refractivity contribution in [3.05, 3.63) is 35.9 Å². The van der Waals surface area contributed by atoms with Gasteiger partial charge in [0.05, 0.1) is 12.1 Å². The lowest BCUT2D eigenvalue weighted by Crippen LogP contribution is -2.61. The molecule has 2 heterocycles. The molecular weight excluding hydrogens is 300 g/mol. The van der Waals surface area contributed by atoms with Gasteiger partial charge in [0.2, 0.25) is 0 Å². The van der Waals surface area contributed by atoms with Crippen molar-refractivity contribution >= 4 is 5.91 Å². The molecule has 3 aliphatic rings. The third-order valence-corrected chi connectivity index (χ3v) is 5.83. The van der Waals surface area contributed by atoms with E-state index in [1.165, 1.54) is 18.4 Å². The number of amides is 1. The highest BCUT2D eigenvalue weighted by Crippen LogP contribution is 2.38. The third kappa shape index (κ3) is 3.35. The van der Waals surface area contributed by atoms with Crippen LogP contribution in [-0.2, 0) is 16.0 Å². The first-order valence-electron chi connectivity index (χ1n) is 9.40. The summed E-state index contributed by atoms with van der Waals surface area (Å²) >= 11 is 0. The standard InChI is InChI=1S/C20H28N2O2/c1-16-19(23)22(18-7-8-18)15-20(24-16)10-13-21(14-11-20)12-9-17-5-3-2-4-6-17/h2-6,16,18H,7-15H2,1H3/t16-/m1/s1.